The van der Waals surface area contributed by atoms with Crippen LogP contribution in [0.2, 0.25) is 0 Å². The molecule has 0 amide bonds. The van der Waals surface area contributed by atoms with Crippen molar-refractivity contribution in [3.05, 3.63) is 33.4 Å². The molecule has 0 radical (unpaired) electrons. The number of likely N-dealkylation sites (tertiary alicyclic amines) is 1. The highest BCUT2D eigenvalue weighted by Gasteiger charge is 2.30. The quantitative estimate of drug-likeness (QED) is 0.620. The van der Waals surface area contributed by atoms with E-state index in [0.717, 1.165) is 10.1 Å². The van der Waals surface area contributed by atoms with E-state index in [0.29, 0.717) is 17.6 Å². The number of rotatable bonds is 4. The number of carbonyl (C=O) groups excluding carboxylic acids is 1. The van der Waals surface area contributed by atoms with Crippen LogP contribution in [0.1, 0.15) is 50.4 Å². The zero-order valence-electron chi connectivity index (χ0n) is 13.1. The smallest absolute Gasteiger partial charge is 0.339 e. The second-order valence-corrected chi connectivity index (χ2v) is 7.37. The summed E-state index contributed by atoms with van der Waals surface area (Å²) < 4.78 is 6.60. The van der Waals surface area contributed by atoms with E-state index in [1.165, 1.54) is 19.3 Å². The Morgan fingerprint density at radius 3 is 2.57 bits per heavy atom. The molecule has 0 spiro atoms. The number of nitrogens with one attached hydrogen (secondary N) is 1. The molecule has 1 unspecified atom stereocenters. The summed E-state index contributed by atoms with van der Waals surface area (Å²) >= 11 is 2.18. The summed E-state index contributed by atoms with van der Waals surface area (Å²) in [5, 5.41) is 0. The average Bonchev–Trinajstić information content (AvgIpc) is 2.43. The molecule has 2 rings (SSSR count). The van der Waals surface area contributed by atoms with Crippen LogP contribution in [0.25, 0.3) is 0 Å². The van der Waals surface area contributed by atoms with E-state index >= 15 is 0 Å². The minimum Gasteiger partial charge on any atom is -0.453 e. The van der Waals surface area contributed by atoms with Crippen LogP contribution >= 0.6 is 22.6 Å². The predicted octanol–water partition coefficient (Wildman–Crippen LogP) is 2.68. The number of ether oxygens (including phenoxy) is 1. The van der Waals surface area contributed by atoms with Crippen molar-refractivity contribution < 1.29 is 14.4 Å². The van der Waals surface area contributed by atoms with Gasteiger partial charge in [0, 0.05) is 3.57 Å². The summed E-state index contributed by atoms with van der Waals surface area (Å²) in [6.45, 7) is 7.52. The zero-order valence-corrected chi connectivity index (χ0v) is 15.2. The molecule has 116 valence electrons. The van der Waals surface area contributed by atoms with Gasteiger partial charge in [-0.2, -0.15) is 0 Å². The molecule has 3 nitrogen and oxygen atoms in total. The lowest BCUT2D eigenvalue weighted by Crippen LogP contribution is -3.20. The second-order valence-electron chi connectivity index (χ2n) is 6.21. The van der Waals surface area contributed by atoms with Crippen molar-refractivity contribution in [1.82, 2.24) is 0 Å². The molecule has 1 aromatic rings. The van der Waals surface area contributed by atoms with Crippen molar-refractivity contribution in [2.75, 3.05) is 6.54 Å². The van der Waals surface area contributed by atoms with E-state index in [2.05, 4.69) is 36.4 Å². The normalized spacial score (nSPS) is 27.1. The van der Waals surface area contributed by atoms with Crippen LogP contribution in [0.15, 0.2) is 24.3 Å². The molecule has 1 heterocycles. The third kappa shape index (κ3) is 4.42. The Labute approximate surface area is 141 Å². The first-order valence-electron chi connectivity index (χ1n) is 7.80. The maximum atomic E-state index is 12.2. The average molecular weight is 402 g/mol. The second kappa shape index (κ2) is 7.58. The van der Waals surface area contributed by atoms with E-state index < -0.39 is 0 Å². The monoisotopic (exact) mass is 402 g/mol. The molecule has 1 fully saturated rings. The fourth-order valence-electron chi connectivity index (χ4n) is 3.24. The summed E-state index contributed by atoms with van der Waals surface area (Å²) in [5.74, 6) is -0.204. The van der Waals surface area contributed by atoms with E-state index in [1.54, 1.807) is 4.90 Å². The minimum absolute atomic E-state index is 0.0495. The number of hydrogen-bond acceptors (Lipinski definition) is 2. The van der Waals surface area contributed by atoms with Crippen molar-refractivity contribution in [2.24, 2.45) is 0 Å². The molecule has 4 atom stereocenters. The van der Waals surface area contributed by atoms with Crippen molar-refractivity contribution in [1.29, 1.82) is 0 Å². The predicted molar refractivity (Wildman–Crippen MR) is 92.6 cm³/mol. The van der Waals surface area contributed by atoms with Gasteiger partial charge in [-0.05, 0) is 74.8 Å². The van der Waals surface area contributed by atoms with Gasteiger partial charge in [0.05, 0.1) is 17.6 Å². The highest BCUT2D eigenvalue weighted by molar-refractivity contribution is 14.1. The van der Waals surface area contributed by atoms with Crippen LogP contribution in [0.5, 0.6) is 0 Å². The van der Waals surface area contributed by atoms with Crippen molar-refractivity contribution in [3.63, 3.8) is 0 Å². The van der Waals surface area contributed by atoms with Gasteiger partial charge in [-0.1, -0.05) is 12.1 Å². The third-order valence-electron chi connectivity index (χ3n) is 4.47. The van der Waals surface area contributed by atoms with Crippen LogP contribution < -0.4 is 4.90 Å². The number of quaternary nitrogens is 1. The molecule has 1 saturated heterocycles. The van der Waals surface area contributed by atoms with Crippen molar-refractivity contribution >= 4 is 28.6 Å². The highest BCUT2D eigenvalue weighted by atomic mass is 127. The van der Waals surface area contributed by atoms with Gasteiger partial charge < -0.3 is 9.64 Å². The lowest BCUT2D eigenvalue weighted by Gasteiger charge is -2.37. The molecule has 4 heteroatoms. The summed E-state index contributed by atoms with van der Waals surface area (Å²) in [4.78, 5) is 13.8. The van der Waals surface area contributed by atoms with Gasteiger partial charge in [-0.25, -0.2) is 4.79 Å². The maximum absolute atomic E-state index is 12.2. The number of halogens is 1. The van der Waals surface area contributed by atoms with Gasteiger partial charge in [-0.3, -0.25) is 0 Å². The van der Waals surface area contributed by atoms with Crippen LogP contribution in [0.4, 0.5) is 0 Å². The number of hydrogen-bond donors (Lipinski definition) is 1. The fraction of sp³-hybridized carbons (Fsp3) is 0.588. The Balaban J connectivity index is 1.93. The summed E-state index contributed by atoms with van der Waals surface area (Å²) in [6, 6.07) is 8.89. The van der Waals surface area contributed by atoms with Crippen LogP contribution in [0.3, 0.4) is 0 Å². The topological polar surface area (TPSA) is 30.7 Å². The first-order valence-corrected chi connectivity index (χ1v) is 8.88. The molecular weight excluding hydrogens is 377 g/mol. The molecule has 0 aromatic heterocycles. The van der Waals surface area contributed by atoms with E-state index in [4.69, 9.17) is 4.74 Å². The van der Waals surface area contributed by atoms with Crippen LogP contribution in [0, 0.1) is 3.57 Å². The van der Waals surface area contributed by atoms with E-state index in [9.17, 15) is 4.79 Å². The van der Waals surface area contributed by atoms with Gasteiger partial charge in [-0.15, -0.1) is 0 Å². The molecule has 1 aliphatic heterocycles. The molecule has 21 heavy (non-hydrogen) atoms. The Hall–Kier alpha value is -0.620. The van der Waals surface area contributed by atoms with Gasteiger partial charge in [0.15, 0.2) is 0 Å². The van der Waals surface area contributed by atoms with Crippen LogP contribution in [-0.4, -0.2) is 30.7 Å². The van der Waals surface area contributed by atoms with Crippen LogP contribution in [-0.2, 0) is 4.74 Å². The first-order chi connectivity index (χ1) is 9.99. The Morgan fingerprint density at radius 2 is 1.95 bits per heavy atom. The fourth-order valence-corrected chi connectivity index (χ4v) is 3.84. The van der Waals surface area contributed by atoms with Gasteiger partial charge in [0.25, 0.3) is 0 Å². The Bertz CT molecular complexity index is 481. The number of carbonyl (C=O) groups is 1. The molecular formula is C17H25INO2+. The molecule has 0 aliphatic carbocycles. The molecule has 0 bridgehead atoms. The Morgan fingerprint density at radius 1 is 1.33 bits per heavy atom. The lowest BCUT2D eigenvalue weighted by molar-refractivity contribution is -0.953. The molecule has 1 N–H and O–H groups in total. The Kier molecular flexibility index (Phi) is 6.05. The van der Waals surface area contributed by atoms with Crippen molar-refractivity contribution in [3.8, 4) is 0 Å². The van der Waals surface area contributed by atoms with E-state index in [-0.39, 0.29) is 12.1 Å². The molecule has 0 saturated carbocycles. The van der Waals surface area contributed by atoms with Gasteiger partial charge >= 0.3 is 5.97 Å². The van der Waals surface area contributed by atoms with Gasteiger partial charge in [0.2, 0.25) is 0 Å². The molecule has 1 aliphatic rings. The summed E-state index contributed by atoms with van der Waals surface area (Å²) in [6.07, 6.45) is 3.82. The molecule has 1 aromatic carbocycles. The van der Waals surface area contributed by atoms with E-state index in [1.807, 2.05) is 31.2 Å². The first kappa shape index (κ1) is 16.7. The number of esters is 1. The summed E-state index contributed by atoms with van der Waals surface area (Å²) in [5.41, 5.74) is 0.666. The maximum Gasteiger partial charge on any atom is 0.339 e. The SMILES string of the molecule is C[C@H](C[NH+]1[C@H](C)CCC[C@@H]1C)OC(=O)c1ccccc1I. The summed E-state index contributed by atoms with van der Waals surface area (Å²) in [7, 11) is 0. The van der Waals surface area contributed by atoms with Gasteiger partial charge in [0.1, 0.15) is 12.6 Å². The zero-order chi connectivity index (χ0) is 15.4. The third-order valence-corrected chi connectivity index (χ3v) is 5.41. The number of piperidine rings is 1. The standard InChI is InChI=1S/C17H24INO2/c1-12-7-6-8-13(2)19(12)11-14(3)21-17(20)15-9-4-5-10-16(15)18/h4-5,9-10,12-14H,6-8,11H2,1-3H3/p+1/t12-,13+,14-/m1/s1. The largest absolute Gasteiger partial charge is 0.453 e. The van der Waals surface area contributed by atoms with Crippen molar-refractivity contribution in [2.45, 2.75) is 58.2 Å². The minimum atomic E-state index is -0.204. The lowest BCUT2D eigenvalue weighted by atomic mass is 9.97. The highest BCUT2D eigenvalue weighted by Crippen LogP contribution is 2.13. The number of benzene rings is 1.